The van der Waals surface area contributed by atoms with Crippen molar-refractivity contribution in [2.45, 2.75) is 59.5 Å². The van der Waals surface area contributed by atoms with E-state index in [9.17, 15) is 4.79 Å². The summed E-state index contributed by atoms with van der Waals surface area (Å²) in [6.45, 7) is 15.2. The Hall–Kier alpha value is -1.39. The lowest BCUT2D eigenvalue weighted by Crippen LogP contribution is -2.39. The van der Waals surface area contributed by atoms with Crippen LogP contribution in [-0.2, 0) is 9.78 Å². The Kier molecular flexibility index (Phi) is 6.28. The largest absolute Gasteiger partial charge is 0.373 e. The fourth-order valence-corrected chi connectivity index (χ4v) is 4.45. The zero-order valence-electron chi connectivity index (χ0n) is 16.2. The van der Waals surface area contributed by atoms with Gasteiger partial charge in [-0.15, -0.1) is 6.58 Å². The molecule has 0 heterocycles. The number of carbonyl (C=O) groups is 1. The fourth-order valence-electron chi connectivity index (χ4n) is 3.19. The number of carbonyl (C=O) groups excluding carboxylic acids is 1. The molecule has 0 aliphatic heterocycles. The first kappa shape index (κ1) is 19.9. The summed E-state index contributed by atoms with van der Waals surface area (Å²) in [7, 11) is -1.60. The van der Waals surface area contributed by atoms with Crippen molar-refractivity contribution in [1.29, 1.82) is 0 Å². The van der Waals surface area contributed by atoms with Crippen LogP contribution in [0.2, 0.25) is 13.1 Å². The van der Waals surface area contributed by atoms with Gasteiger partial charge < -0.3 is 0 Å². The van der Waals surface area contributed by atoms with Crippen molar-refractivity contribution in [3.8, 4) is 0 Å². The average molecular weight is 360 g/mol. The van der Waals surface area contributed by atoms with Crippen LogP contribution in [0.25, 0.3) is 0 Å². The van der Waals surface area contributed by atoms with Crippen LogP contribution >= 0.6 is 0 Å². The number of hydrogen-bond donors (Lipinski definition) is 0. The molecule has 1 aliphatic rings. The molecule has 2 rings (SSSR count). The number of hydrogen-bond acceptors (Lipinski definition) is 3. The third-order valence-corrected chi connectivity index (χ3v) is 8.22. The molecule has 1 fully saturated rings. The molecule has 0 atom stereocenters. The lowest BCUT2D eigenvalue weighted by atomic mass is 9.72. The highest BCUT2D eigenvalue weighted by Crippen LogP contribution is 2.40. The van der Waals surface area contributed by atoms with Gasteiger partial charge in [-0.1, -0.05) is 56.9 Å². The van der Waals surface area contributed by atoms with Crippen LogP contribution in [0.1, 0.15) is 56.8 Å². The molecule has 1 radical (unpaired) electrons. The van der Waals surface area contributed by atoms with Gasteiger partial charge in [-0.05, 0) is 49.1 Å². The van der Waals surface area contributed by atoms with Gasteiger partial charge in [0.1, 0.15) is 14.2 Å². The summed E-state index contributed by atoms with van der Waals surface area (Å²) in [6.07, 6.45) is 4.80. The van der Waals surface area contributed by atoms with E-state index >= 15 is 0 Å². The smallest absolute Gasteiger partial charge is 0.292 e. The van der Waals surface area contributed by atoms with E-state index in [1.54, 1.807) is 12.1 Å². The molecule has 1 aliphatic carbocycles. The van der Waals surface area contributed by atoms with E-state index in [0.717, 1.165) is 31.8 Å². The summed E-state index contributed by atoms with van der Waals surface area (Å²) >= 11 is 0. The zero-order valence-corrected chi connectivity index (χ0v) is 17.2. The second kappa shape index (κ2) is 7.88. The van der Waals surface area contributed by atoms with Crippen LogP contribution in [0.4, 0.5) is 0 Å². The average Bonchev–Trinajstić information content (AvgIpc) is 2.59. The minimum atomic E-state index is -1.60. The SMILES string of the molecule is C=C[Si](C)(C)c1ccc(C(=O)OO[C]2CCC(C(C)(C)C)CC2)cc1. The van der Waals surface area contributed by atoms with E-state index in [2.05, 4.69) is 40.4 Å². The zero-order chi connectivity index (χ0) is 18.7. The Morgan fingerprint density at radius 1 is 1.16 bits per heavy atom. The fraction of sp³-hybridized carbons (Fsp3) is 0.524. The molecule has 0 spiro atoms. The maximum Gasteiger partial charge on any atom is 0.373 e. The maximum absolute atomic E-state index is 12.2. The lowest BCUT2D eigenvalue weighted by Gasteiger charge is -2.35. The van der Waals surface area contributed by atoms with Crippen LogP contribution in [0.3, 0.4) is 0 Å². The summed E-state index contributed by atoms with van der Waals surface area (Å²) < 4.78 is 0. The summed E-state index contributed by atoms with van der Waals surface area (Å²) in [5, 5.41) is 1.25. The van der Waals surface area contributed by atoms with Crippen LogP contribution in [-0.4, -0.2) is 14.0 Å². The Morgan fingerprint density at radius 3 is 2.20 bits per heavy atom. The van der Waals surface area contributed by atoms with E-state index in [0.29, 0.717) is 16.9 Å². The van der Waals surface area contributed by atoms with E-state index in [-0.39, 0.29) is 0 Å². The molecule has 137 valence electrons. The summed E-state index contributed by atoms with van der Waals surface area (Å²) in [5.41, 5.74) is 2.88. The molecular formula is C21H31O3Si. The Morgan fingerprint density at radius 2 is 1.72 bits per heavy atom. The normalized spacial score (nSPS) is 17.3. The third-order valence-electron chi connectivity index (χ3n) is 5.38. The minimum absolute atomic E-state index is 0.326. The van der Waals surface area contributed by atoms with E-state index in [1.807, 2.05) is 17.8 Å². The highest BCUT2D eigenvalue weighted by atomic mass is 28.3. The molecule has 0 aromatic heterocycles. The minimum Gasteiger partial charge on any atom is -0.292 e. The molecule has 0 unspecified atom stereocenters. The number of rotatable bonds is 5. The van der Waals surface area contributed by atoms with Crippen molar-refractivity contribution in [2.24, 2.45) is 11.3 Å². The summed E-state index contributed by atoms with van der Waals surface area (Å²) in [6, 6.07) is 7.60. The third kappa shape index (κ3) is 5.29. The van der Waals surface area contributed by atoms with Crippen molar-refractivity contribution in [3.05, 3.63) is 48.2 Å². The van der Waals surface area contributed by atoms with Gasteiger partial charge in [0.2, 0.25) is 0 Å². The first-order valence-electron chi connectivity index (χ1n) is 9.11. The maximum atomic E-state index is 12.2. The highest BCUT2D eigenvalue weighted by Gasteiger charge is 2.31. The van der Waals surface area contributed by atoms with Gasteiger partial charge in [-0.3, -0.25) is 4.89 Å². The topological polar surface area (TPSA) is 35.5 Å². The Labute approximate surface area is 153 Å². The van der Waals surface area contributed by atoms with Crippen LogP contribution < -0.4 is 5.19 Å². The standard InChI is InChI=1S/C21H31O3Si/c1-7-25(5,6)19-14-8-16(9-15-19)20(22)24-23-18-12-10-17(11-13-18)21(2,3)4/h7-9,14-15,17H,1,10-13H2,2-6H3. The monoisotopic (exact) mass is 359 g/mol. The van der Waals surface area contributed by atoms with E-state index in [1.165, 1.54) is 5.19 Å². The molecule has 0 saturated heterocycles. The molecule has 1 saturated carbocycles. The van der Waals surface area contributed by atoms with Crippen LogP contribution in [0.15, 0.2) is 36.5 Å². The lowest BCUT2D eigenvalue weighted by molar-refractivity contribution is -0.241. The van der Waals surface area contributed by atoms with Gasteiger partial charge >= 0.3 is 5.97 Å². The molecular weight excluding hydrogens is 328 g/mol. The van der Waals surface area contributed by atoms with Crippen molar-refractivity contribution in [2.75, 3.05) is 0 Å². The van der Waals surface area contributed by atoms with Gasteiger partial charge in [-0.25, -0.2) is 4.79 Å². The van der Waals surface area contributed by atoms with Gasteiger partial charge in [0.05, 0.1) is 5.56 Å². The molecule has 0 amide bonds. The van der Waals surface area contributed by atoms with E-state index in [4.69, 9.17) is 9.78 Å². The quantitative estimate of drug-likeness (QED) is 0.412. The van der Waals surface area contributed by atoms with Crippen LogP contribution in [0, 0.1) is 17.4 Å². The Bertz CT molecular complexity index is 591. The van der Waals surface area contributed by atoms with Crippen molar-refractivity contribution in [1.82, 2.24) is 0 Å². The molecule has 4 heteroatoms. The van der Waals surface area contributed by atoms with Gasteiger partial charge in [-0.2, -0.15) is 4.89 Å². The van der Waals surface area contributed by atoms with Crippen molar-refractivity contribution in [3.63, 3.8) is 0 Å². The number of benzene rings is 1. The first-order valence-corrected chi connectivity index (χ1v) is 12.2. The van der Waals surface area contributed by atoms with Crippen molar-refractivity contribution >= 4 is 19.2 Å². The van der Waals surface area contributed by atoms with Gasteiger partial charge in [0, 0.05) is 0 Å². The Balaban J connectivity index is 1.84. The summed E-state index contributed by atoms with van der Waals surface area (Å²) in [5.74, 6) is 0.260. The summed E-state index contributed by atoms with van der Waals surface area (Å²) in [4.78, 5) is 22.6. The second-order valence-electron chi connectivity index (χ2n) is 8.64. The molecule has 1 aromatic carbocycles. The van der Waals surface area contributed by atoms with Gasteiger partial charge in [0.25, 0.3) is 0 Å². The molecule has 1 aromatic rings. The molecule has 25 heavy (non-hydrogen) atoms. The predicted molar refractivity (Wildman–Crippen MR) is 105 cm³/mol. The predicted octanol–water partition coefficient (Wildman–Crippen LogP) is 5.18. The van der Waals surface area contributed by atoms with E-state index < -0.39 is 14.0 Å². The highest BCUT2D eigenvalue weighted by molar-refractivity contribution is 6.93. The molecule has 0 N–H and O–H groups in total. The second-order valence-corrected chi connectivity index (χ2v) is 13.1. The molecule has 3 nitrogen and oxygen atoms in total. The van der Waals surface area contributed by atoms with Crippen LogP contribution in [0.5, 0.6) is 0 Å². The van der Waals surface area contributed by atoms with Gasteiger partial charge in [0.15, 0.2) is 0 Å². The molecule has 0 bridgehead atoms. The van der Waals surface area contributed by atoms with Crippen molar-refractivity contribution < 1.29 is 14.6 Å². The first-order chi connectivity index (χ1) is 11.6.